The molecule has 0 bridgehead atoms. The summed E-state index contributed by atoms with van der Waals surface area (Å²) in [4.78, 5) is 18.3. The highest BCUT2D eigenvalue weighted by Gasteiger charge is 2.40. The summed E-state index contributed by atoms with van der Waals surface area (Å²) in [6, 6.07) is 6.32. The van der Waals surface area contributed by atoms with Gasteiger partial charge >= 0.3 is 5.97 Å². The maximum absolute atomic E-state index is 11.3. The van der Waals surface area contributed by atoms with Crippen molar-refractivity contribution in [1.82, 2.24) is 20.2 Å². The number of fused-ring (bicyclic) bond motifs is 3. The predicted octanol–water partition coefficient (Wildman–Crippen LogP) is 3.19. The van der Waals surface area contributed by atoms with Gasteiger partial charge in [0.1, 0.15) is 18.3 Å². The fourth-order valence-corrected chi connectivity index (χ4v) is 3.65. The van der Waals surface area contributed by atoms with E-state index in [2.05, 4.69) is 45.3 Å². The average Bonchev–Trinajstić information content (AvgIpc) is 3.33. The van der Waals surface area contributed by atoms with Crippen molar-refractivity contribution >= 4 is 16.9 Å². The lowest BCUT2D eigenvalue weighted by Crippen LogP contribution is -2.37. The van der Waals surface area contributed by atoms with E-state index in [-0.39, 0.29) is 6.42 Å². The third-order valence-corrected chi connectivity index (χ3v) is 4.93. The lowest BCUT2D eigenvalue weighted by Gasteiger charge is -2.35. The number of hydrogen-bond donors (Lipinski definition) is 3. The second kappa shape index (κ2) is 7.70. The number of rotatable bonds is 4. The number of aryl methyl sites for hydroxylation is 1. The first-order valence-corrected chi connectivity index (χ1v) is 8.88. The van der Waals surface area contributed by atoms with Gasteiger partial charge in [-0.15, -0.1) is 0 Å². The van der Waals surface area contributed by atoms with E-state index in [9.17, 15) is 9.90 Å². The van der Waals surface area contributed by atoms with Crippen LogP contribution in [-0.4, -0.2) is 37.8 Å². The number of para-hydroxylation sites is 1. The van der Waals surface area contributed by atoms with E-state index in [0.717, 1.165) is 24.1 Å². The van der Waals surface area contributed by atoms with Crippen LogP contribution in [0.1, 0.15) is 43.5 Å². The molecule has 0 saturated heterocycles. The Morgan fingerprint density at radius 3 is 2.81 bits per heavy atom. The molecule has 0 saturated carbocycles. The van der Waals surface area contributed by atoms with Crippen molar-refractivity contribution in [3.63, 3.8) is 0 Å². The molecule has 3 heterocycles. The van der Waals surface area contributed by atoms with E-state index in [1.54, 1.807) is 0 Å². The molecule has 138 valence electrons. The molecule has 0 amide bonds. The van der Waals surface area contributed by atoms with Crippen LogP contribution in [0, 0.1) is 0 Å². The zero-order valence-corrected chi connectivity index (χ0v) is 15.1. The van der Waals surface area contributed by atoms with Gasteiger partial charge in [0.05, 0.1) is 18.7 Å². The number of aliphatic carboxylic acids is 1. The zero-order valence-electron chi connectivity index (χ0n) is 15.1. The Bertz CT molecular complexity index is 855. The Balaban J connectivity index is 0.000000339. The third-order valence-electron chi connectivity index (χ3n) is 4.93. The summed E-state index contributed by atoms with van der Waals surface area (Å²) in [5.74, 6) is -0.820. The van der Waals surface area contributed by atoms with Gasteiger partial charge in [-0.25, -0.2) is 4.98 Å². The van der Waals surface area contributed by atoms with Gasteiger partial charge in [0.2, 0.25) is 0 Å². The minimum atomic E-state index is -0.820. The molecule has 4 rings (SSSR count). The number of ether oxygens (including phenoxy) is 1. The van der Waals surface area contributed by atoms with Gasteiger partial charge in [0.25, 0.3) is 0 Å². The monoisotopic (exact) mass is 356 g/mol. The Kier molecular flexibility index (Phi) is 5.37. The number of benzene rings is 1. The second-order valence-corrected chi connectivity index (χ2v) is 6.34. The van der Waals surface area contributed by atoms with E-state index in [0.29, 0.717) is 13.0 Å². The van der Waals surface area contributed by atoms with Crippen LogP contribution in [0.5, 0.6) is 0 Å². The molecule has 1 unspecified atom stereocenters. The topological polar surface area (TPSA) is 104 Å². The number of hydrogen-bond acceptors (Lipinski definition) is 4. The van der Waals surface area contributed by atoms with Crippen molar-refractivity contribution in [2.45, 2.75) is 45.1 Å². The van der Waals surface area contributed by atoms with Crippen molar-refractivity contribution in [3.8, 4) is 0 Å². The first kappa shape index (κ1) is 18.1. The van der Waals surface area contributed by atoms with Gasteiger partial charge < -0.3 is 14.8 Å². The number of nitrogens with one attached hydrogen (secondary N) is 2. The predicted molar refractivity (Wildman–Crippen MR) is 97.9 cm³/mol. The van der Waals surface area contributed by atoms with Crippen LogP contribution in [0.4, 0.5) is 0 Å². The second-order valence-electron chi connectivity index (χ2n) is 6.34. The molecule has 7 heteroatoms. The number of aromatic amines is 2. The maximum Gasteiger partial charge on any atom is 0.306 e. The van der Waals surface area contributed by atoms with Crippen LogP contribution in [0.25, 0.3) is 10.9 Å². The highest BCUT2D eigenvalue weighted by Crippen LogP contribution is 2.42. The fourth-order valence-electron chi connectivity index (χ4n) is 3.65. The normalized spacial score (nSPS) is 18.8. The van der Waals surface area contributed by atoms with E-state index >= 15 is 0 Å². The number of nitrogens with zero attached hydrogens (tertiary/aromatic N) is 2. The Morgan fingerprint density at radius 2 is 2.23 bits per heavy atom. The SMILES string of the molecule is CCc1cccc2c3c([nH]c12)C(CC)(CC(=O)O)OCC3.c1nc[nH]n1. The summed E-state index contributed by atoms with van der Waals surface area (Å²) in [6.07, 6.45) is 5.41. The number of carboxylic acids is 1. The summed E-state index contributed by atoms with van der Waals surface area (Å²) >= 11 is 0. The average molecular weight is 356 g/mol. The first-order valence-electron chi connectivity index (χ1n) is 8.88. The van der Waals surface area contributed by atoms with Crippen LogP contribution in [0.3, 0.4) is 0 Å². The number of aromatic nitrogens is 4. The number of carboxylic acid groups (broad SMARTS) is 1. The van der Waals surface area contributed by atoms with Crippen molar-refractivity contribution in [1.29, 1.82) is 0 Å². The molecular weight excluding hydrogens is 332 g/mol. The maximum atomic E-state index is 11.3. The molecule has 26 heavy (non-hydrogen) atoms. The Hall–Kier alpha value is -2.67. The molecule has 2 aromatic heterocycles. The molecule has 0 radical (unpaired) electrons. The standard InChI is InChI=1S/C17H21NO3.C2H3N3/c1-3-11-6-5-7-12-13-8-9-21-17(4-2,10-14(19)20)16(13)18-15(11)12;1-3-2-5-4-1/h5-7,18H,3-4,8-10H2,1-2H3,(H,19,20);1-2H,(H,3,4,5). The smallest absolute Gasteiger partial charge is 0.306 e. The van der Waals surface area contributed by atoms with E-state index in [1.807, 2.05) is 6.92 Å². The fraction of sp³-hybridized carbons (Fsp3) is 0.421. The molecule has 0 spiro atoms. The summed E-state index contributed by atoms with van der Waals surface area (Å²) in [5, 5.41) is 16.5. The molecule has 7 nitrogen and oxygen atoms in total. The quantitative estimate of drug-likeness (QED) is 0.666. The molecule has 3 aromatic rings. The largest absolute Gasteiger partial charge is 0.481 e. The molecule has 1 aromatic carbocycles. The summed E-state index contributed by atoms with van der Waals surface area (Å²) in [5.41, 5.74) is 3.88. The third kappa shape index (κ3) is 3.35. The van der Waals surface area contributed by atoms with Gasteiger partial charge in [0, 0.05) is 10.9 Å². The van der Waals surface area contributed by atoms with Gasteiger partial charge in [-0.2, -0.15) is 5.10 Å². The lowest BCUT2D eigenvalue weighted by molar-refractivity contribution is -0.148. The summed E-state index contributed by atoms with van der Waals surface area (Å²) in [7, 11) is 0. The van der Waals surface area contributed by atoms with Crippen LogP contribution in [-0.2, 0) is 28.0 Å². The Labute approximate surface area is 151 Å². The van der Waals surface area contributed by atoms with Gasteiger partial charge in [-0.05, 0) is 30.4 Å². The summed E-state index contributed by atoms with van der Waals surface area (Å²) in [6.45, 7) is 4.71. The lowest BCUT2D eigenvalue weighted by atomic mass is 9.86. The van der Waals surface area contributed by atoms with Crippen molar-refractivity contribution in [2.24, 2.45) is 0 Å². The molecule has 0 aliphatic carbocycles. The van der Waals surface area contributed by atoms with E-state index < -0.39 is 11.6 Å². The number of H-pyrrole nitrogens is 2. The molecular formula is C19H24N4O3. The molecule has 0 fully saturated rings. The van der Waals surface area contributed by atoms with Crippen LogP contribution in [0.15, 0.2) is 30.9 Å². The minimum absolute atomic E-state index is 0.00474. The summed E-state index contributed by atoms with van der Waals surface area (Å²) < 4.78 is 5.94. The molecule has 3 N–H and O–H groups in total. The van der Waals surface area contributed by atoms with E-state index in [4.69, 9.17) is 4.74 Å². The van der Waals surface area contributed by atoms with Gasteiger partial charge in [-0.1, -0.05) is 32.0 Å². The molecule has 1 aliphatic heterocycles. The van der Waals surface area contributed by atoms with Crippen molar-refractivity contribution < 1.29 is 14.6 Å². The first-order chi connectivity index (χ1) is 12.6. The van der Waals surface area contributed by atoms with E-state index in [1.165, 1.54) is 29.2 Å². The highest BCUT2D eigenvalue weighted by molar-refractivity contribution is 5.88. The van der Waals surface area contributed by atoms with Gasteiger partial charge in [-0.3, -0.25) is 9.89 Å². The zero-order chi connectivity index (χ0) is 18.6. The molecule has 1 atom stereocenters. The van der Waals surface area contributed by atoms with Crippen LogP contribution >= 0.6 is 0 Å². The van der Waals surface area contributed by atoms with Crippen LogP contribution in [0.2, 0.25) is 0 Å². The van der Waals surface area contributed by atoms with Gasteiger partial charge in [0.15, 0.2) is 0 Å². The van der Waals surface area contributed by atoms with Crippen LogP contribution < -0.4 is 0 Å². The van der Waals surface area contributed by atoms with Crippen molar-refractivity contribution in [3.05, 3.63) is 47.7 Å². The highest BCUT2D eigenvalue weighted by atomic mass is 16.5. The minimum Gasteiger partial charge on any atom is -0.481 e. The molecule has 1 aliphatic rings. The number of carbonyl (C=O) groups is 1. The van der Waals surface area contributed by atoms with Crippen molar-refractivity contribution in [2.75, 3.05) is 6.61 Å². The Morgan fingerprint density at radius 1 is 1.38 bits per heavy atom.